The highest BCUT2D eigenvalue weighted by Gasteiger charge is 2.46. The molecule has 0 amide bonds. The highest BCUT2D eigenvalue weighted by atomic mass is 32.1. The monoisotopic (exact) mass is 1190 g/mol. The van der Waals surface area contributed by atoms with Gasteiger partial charge in [-0.05, 0) is 147 Å². The average molecular weight is 1190 g/mol. The van der Waals surface area contributed by atoms with Crippen molar-refractivity contribution in [1.29, 1.82) is 0 Å². The second kappa shape index (κ2) is 21.1. The fraction of sp³-hybridized carbons (Fsp3) is 0.153. The third-order valence-corrected chi connectivity index (χ3v) is 21.0. The van der Waals surface area contributed by atoms with Crippen LogP contribution in [-0.2, 0) is 17.3 Å². The molecule has 0 N–H and O–H groups in total. The van der Waals surface area contributed by atoms with E-state index in [2.05, 4.69) is 322 Å². The van der Waals surface area contributed by atoms with Gasteiger partial charge in [0.1, 0.15) is 0 Å². The van der Waals surface area contributed by atoms with Gasteiger partial charge in [0.15, 0.2) is 0 Å². The van der Waals surface area contributed by atoms with Gasteiger partial charge in [-0.15, -0.1) is 11.3 Å². The number of aromatic nitrogens is 2. The van der Waals surface area contributed by atoms with Crippen LogP contribution in [0.4, 0.5) is 34.1 Å². The molecule has 0 bridgehead atoms. The van der Waals surface area contributed by atoms with Crippen LogP contribution in [0.15, 0.2) is 255 Å². The first-order valence-corrected chi connectivity index (χ1v) is 33.5. The number of aryl methyl sites for hydroxylation is 1. The summed E-state index contributed by atoms with van der Waals surface area (Å²) in [4.78, 5) is 5.52. The van der Waals surface area contributed by atoms with Crippen molar-refractivity contribution in [2.24, 2.45) is 0 Å². The Morgan fingerprint density at radius 1 is 0.374 bits per heavy atom. The fourth-order valence-electron chi connectivity index (χ4n) is 15.4. The third-order valence-electron chi connectivity index (χ3n) is 19.8. The van der Waals surface area contributed by atoms with E-state index < -0.39 is 0 Å². The van der Waals surface area contributed by atoms with Gasteiger partial charge in [-0.2, -0.15) is 0 Å². The van der Waals surface area contributed by atoms with Crippen LogP contribution in [0.25, 0.3) is 97.4 Å². The lowest BCUT2D eigenvalue weighted by Gasteiger charge is -2.46. The van der Waals surface area contributed by atoms with E-state index in [0.29, 0.717) is 0 Å². The molecular weight excluding hydrogens is 1120 g/mol. The van der Waals surface area contributed by atoms with Crippen LogP contribution in [0, 0.1) is 0 Å². The molecule has 5 heterocycles. The van der Waals surface area contributed by atoms with Crippen molar-refractivity contribution in [1.82, 2.24) is 9.13 Å². The van der Waals surface area contributed by atoms with Crippen molar-refractivity contribution in [2.45, 2.75) is 85.0 Å². The minimum absolute atomic E-state index is 0.156. The SMILES string of the molecule is CCCCCc1ccc2c(sc3ccccc32)c1N1c2cc(-n3c4ccccc4c4ccccc43)ccc2B2c3ccc(-n4c5ccccc5c5ccccc54)cc3N(c3c(-c4ccccc4)cc(C(C)(C)C)cc3-c3ccccc3)c3cc(C(C)(C)C)cc1c32. The smallest absolute Gasteiger partial charge is 0.252 e. The molecule has 17 rings (SSSR count). The molecular formula is C85H71BN4S. The zero-order chi connectivity index (χ0) is 61.4. The zero-order valence-corrected chi connectivity index (χ0v) is 53.7. The first-order chi connectivity index (χ1) is 44.4. The van der Waals surface area contributed by atoms with E-state index in [-0.39, 0.29) is 17.5 Å². The van der Waals surface area contributed by atoms with E-state index in [1.807, 2.05) is 11.3 Å². The van der Waals surface area contributed by atoms with Gasteiger partial charge < -0.3 is 18.9 Å². The van der Waals surface area contributed by atoms with E-state index in [4.69, 9.17) is 0 Å². The van der Waals surface area contributed by atoms with Crippen LogP contribution >= 0.6 is 11.3 Å². The van der Waals surface area contributed by atoms with Gasteiger partial charge in [-0.3, -0.25) is 0 Å². The van der Waals surface area contributed by atoms with Gasteiger partial charge in [0.2, 0.25) is 0 Å². The number of rotatable bonds is 10. The van der Waals surface area contributed by atoms with Gasteiger partial charge in [0, 0.05) is 82.3 Å². The molecule has 3 aromatic heterocycles. The summed E-state index contributed by atoms with van der Waals surface area (Å²) in [5.74, 6) is 0. The van der Waals surface area contributed by atoms with Crippen LogP contribution in [0.1, 0.15) is 84.4 Å². The van der Waals surface area contributed by atoms with Crippen LogP contribution in [0.5, 0.6) is 0 Å². The van der Waals surface area contributed by atoms with Crippen molar-refractivity contribution in [3.05, 3.63) is 271 Å². The van der Waals surface area contributed by atoms with Crippen molar-refractivity contribution in [3.63, 3.8) is 0 Å². The Bertz CT molecular complexity index is 5250. The van der Waals surface area contributed by atoms with Crippen LogP contribution in [0.2, 0.25) is 0 Å². The Labute approximate surface area is 538 Å². The molecule has 0 saturated heterocycles. The number of anilines is 6. The van der Waals surface area contributed by atoms with Crippen molar-refractivity contribution in [2.75, 3.05) is 9.80 Å². The summed E-state index contributed by atoms with van der Waals surface area (Å²) in [6.45, 7) is 16.5. The maximum absolute atomic E-state index is 2.78. The number of para-hydroxylation sites is 4. The van der Waals surface area contributed by atoms with Crippen LogP contribution < -0.4 is 26.2 Å². The van der Waals surface area contributed by atoms with E-state index >= 15 is 0 Å². The molecule has 91 heavy (non-hydrogen) atoms. The van der Waals surface area contributed by atoms with Gasteiger partial charge in [0.25, 0.3) is 6.71 Å². The molecule has 0 fully saturated rings. The summed E-state index contributed by atoms with van der Waals surface area (Å²) in [6, 6.07) is 97.5. The number of nitrogens with zero attached hydrogens (tertiary/aromatic N) is 4. The molecule has 0 unspecified atom stereocenters. The van der Waals surface area contributed by atoms with Gasteiger partial charge in [-0.1, -0.05) is 237 Å². The molecule has 0 atom stereocenters. The molecule has 4 nitrogen and oxygen atoms in total. The molecule has 6 heteroatoms. The quantitative estimate of drug-likeness (QED) is 0.100. The summed E-state index contributed by atoms with van der Waals surface area (Å²) in [6.07, 6.45) is 4.39. The van der Waals surface area contributed by atoms with Crippen molar-refractivity contribution < 1.29 is 0 Å². The maximum atomic E-state index is 2.78. The minimum Gasteiger partial charge on any atom is -0.310 e. The Morgan fingerprint density at radius 2 is 0.802 bits per heavy atom. The summed E-state index contributed by atoms with van der Waals surface area (Å²) in [5.41, 5.74) is 26.5. The first-order valence-electron chi connectivity index (χ1n) is 32.7. The Hall–Kier alpha value is -9.88. The summed E-state index contributed by atoms with van der Waals surface area (Å²) in [5, 5.41) is 7.62. The number of unbranched alkanes of at least 4 members (excludes halogenated alkanes) is 2. The van der Waals surface area contributed by atoms with Gasteiger partial charge in [0.05, 0.1) is 38.1 Å². The Morgan fingerprint density at radius 3 is 1.27 bits per heavy atom. The first kappa shape index (κ1) is 55.2. The fourth-order valence-corrected chi connectivity index (χ4v) is 16.6. The maximum Gasteiger partial charge on any atom is 0.252 e. The topological polar surface area (TPSA) is 16.3 Å². The molecule has 2 aliphatic heterocycles. The lowest BCUT2D eigenvalue weighted by atomic mass is 9.33. The average Bonchev–Trinajstić information content (AvgIpc) is 0.859. The molecule has 0 spiro atoms. The second-order valence-corrected chi connectivity index (χ2v) is 28.5. The van der Waals surface area contributed by atoms with E-state index in [9.17, 15) is 0 Å². The predicted octanol–water partition coefficient (Wildman–Crippen LogP) is 22.0. The summed E-state index contributed by atoms with van der Waals surface area (Å²) in [7, 11) is 0. The van der Waals surface area contributed by atoms with E-state index in [1.54, 1.807) is 0 Å². The summed E-state index contributed by atoms with van der Waals surface area (Å²) < 4.78 is 7.67. The van der Waals surface area contributed by atoms with Crippen LogP contribution in [0.3, 0.4) is 0 Å². The van der Waals surface area contributed by atoms with Crippen LogP contribution in [-0.4, -0.2) is 15.8 Å². The van der Waals surface area contributed by atoms with Gasteiger partial charge >= 0.3 is 0 Å². The highest BCUT2D eigenvalue weighted by molar-refractivity contribution is 7.26. The Balaban J connectivity index is 1.05. The number of benzene rings is 12. The molecule has 0 radical (unpaired) electrons. The molecule has 2 aliphatic rings. The lowest BCUT2D eigenvalue weighted by Crippen LogP contribution is -2.61. The van der Waals surface area contributed by atoms with Crippen molar-refractivity contribution in [3.8, 4) is 33.6 Å². The molecule has 440 valence electrons. The second-order valence-electron chi connectivity index (χ2n) is 27.4. The molecule has 0 aliphatic carbocycles. The van der Waals surface area contributed by atoms with Crippen molar-refractivity contribution >= 4 is 132 Å². The number of thiophene rings is 1. The number of hydrogen-bond acceptors (Lipinski definition) is 3. The van der Waals surface area contributed by atoms with Gasteiger partial charge in [-0.25, -0.2) is 0 Å². The summed E-state index contributed by atoms with van der Waals surface area (Å²) >= 11 is 1.96. The van der Waals surface area contributed by atoms with E-state index in [1.165, 1.54) is 160 Å². The minimum atomic E-state index is -0.261. The number of fused-ring (bicyclic) bond motifs is 13. The molecule has 0 saturated carbocycles. The normalized spacial score (nSPS) is 13.1. The third kappa shape index (κ3) is 8.70. The predicted molar refractivity (Wildman–Crippen MR) is 394 cm³/mol. The lowest BCUT2D eigenvalue weighted by molar-refractivity contribution is 0.590. The zero-order valence-electron chi connectivity index (χ0n) is 52.9. The van der Waals surface area contributed by atoms with E-state index in [0.717, 1.165) is 30.6 Å². The molecule has 12 aromatic carbocycles. The Kier molecular flexibility index (Phi) is 12.8. The largest absolute Gasteiger partial charge is 0.310 e. The molecule has 15 aromatic rings. The highest BCUT2D eigenvalue weighted by Crippen LogP contribution is 2.55. The standard InChI is InChI=1S/C85H71BN4S/c1-8-9-12-31-56-42-45-66-65-36-21-26-41-79(65)91-83(66)81(56)89-75-52-59(87-71-37-22-17-32-61(71)62-33-18-23-38-72(62)87)43-46-69(75)86-70-47-44-60(88-73-39-24-19-34-63(73)64-35-20-25-40-74(64)88)53-76(70)90(78-51-58(85(5,6)7)50-77(89)80(78)86)82-67(54-27-13-10-14-28-54)48-57(84(2,3)4)49-68(82)55-29-15-11-16-30-55/h10-11,13-30,32-53H,8-9,12,31H2,1-7H3. The number of hydrogen-bond donors (Lipinski definition) is 0.